The smallest absolute Gasteiger partial charge is 0.341 e. The topological polar surface area (TPSA) is 68.3 Å². The van der Waals surface area contributed by atoms with E-state index in [1.54, 1.807) is 18.3 Å². The molecule has 1 aromatic heterocycles. The average molecular weight is 392 g/mol. The number of aromatic nitrogens is 1. The van der Waals surface area contributed by atoms with Crippen LogP contribution in [0.3, 0.4) is 0 Å². The van der Waals surface area contributed by atoms with Gasteiger partial charge in [-0.15, -0.1) is 11.8 Å². The molecule has 0 aliphatic carbocycles. The molecule has 3 aromatic rings. The van der Waals surface area contributed by atoms with Gasteiger partial charge in [0.05, 0.1) is 11.6 Å². The van der Waals surface area contributed by atoms with E-state index in [1.165, 1.54) is 11.8 Å². The van der Waals surface area contributed by atoms with Crippen LogP contribution in [0.25, 0.3) is 0 Å². The van der Waals surface area contributed by atoms with E-state index in [9.17, 15) is 9.59 Å². The number of carbonyl (C=O) groups excluding carboxylic acids is 2. The van der Waals surface area contributed by atoms with Crippen LogP contribution in [0.5, 0.6) is 0 Å². The van der Waals surface area contributed by atoms with Crippen molar-refractivity contribution in [2.24, 2.45) is 0 Å². The minimum atomic E-state index is -0.566. The Morgan fingerprint density at radius 1 is 0.964 bits per heavy atom. The summed E-state index contributed by atoms with van der Waals surface area (Å²) in [6, 6.07) is 22.3. The summed E-state index contributed by atoms with van der Waals surface area (Å²) in [5.74, 6) is -0.941. The van der Waals surface area contributed by atoms with E-state index in [-0.39, 0.29) is 18.6 Å². The molecule has 0 saturated heterocycles. The summed E-state index contributed by atoms with van der Waals surface area (Å²) in [7, 11) is 0. The number of hydrogen-bond acceptors (Lipinski definition) is 5. The maximum atomic E-state index is 12.5. The van der Waals surface area contributed by atoms with Gasteiger partial charge in [0, 0.05) is 6.20 Å². The van der Waals surface area contributed by atoms with Gasteiger partial charge in [0.25, 0.3) is 5.91 Å². The molecule has 142 valence electrons. The highest BCUT2D eigenvalue weighted by atomic mass is 32.2. The Balaban J connectivity index is 1.68. The maximum Gasteiger partial charge on any atom is 0.341 e. The Morgan fingerprint density at radius 2 is 1.57 bits per heavy atom. The zero-order chi connectivity index (χ0) is 19.8. The largest absolute Gasteiger partial charge is 0.452 e. The lowest BCUT2D eigenvalue weighted by molar-refractivity contribution is -0.124. The molecule has 0 bridgehead atoms. The van der Waals surface area contributed by atoms with Gasteiger partial charge < -0.3 is 10.1 Å². The van der Waals surface area contributed by atoms with Gasteiger partial charge in [0.1, 0.15) is 5.03 Å². The number of esters is 1. The molecule has 3 rings (SSSR count). The second-order valence-electron chi connectivity index (χ2n) is 5.96. The van der Waals surface area contributed by atoms with Crippen LogP contribution in [0.4, 0.5) is 0 Å². The van der Waals surface area contributed by atoms with Crippen molar-refractivity contribution >= 4 is 23.6 Å². The van der Waals surface area contributed by atoms with Crippen molar-refractivity contribution in [2.45, 2.75) is 11.1 Å². The highest BCUT2D eigenvalue weighted by molar-refractivity contribution is 7.98. The molecule has 0 aliphatic rings. The first kappa shape index (κ1) is 19.6. The van der Waals surface area contributed by atoms with Gasteiger partial charge in [0.2, 0.25) is 0 Å². The first-order chi connectivity index (χ1) is 13.7. The van der Waals surface area contributed by atoms with E-state index in [4.69, 9.17) is 4.74 Å². The maximum absolute atomic E-state index is 12.5. The fourth-order valence-electron chi connectivity index (χ4n) is 2.77. The molecular weight excluding hydrogens is 372 g/mol. The standard InChI is InChI=1S/C22H20N2O3S/c1-28-21-18(13-8-14-23-21)22(26)27-15-19(25)24-20(16-9-4-2-5-10-16)17-11-6-3-7-12-17/h2-14,20H,15H2,1H3,(H,24,25). The fraction of sp³-hybridized carbons (Fsp3) is 0.136. The summed E-state index contributed by atoms with van der Waals surface area (Å²) in [6.07, 6.45) is 3.44. The molecule has 5 nitrogen and oxygen atoms in total. The molecule has 0 unspecified atom stereocenters. The molecule has 0 fully saturated rings. The molecule has 2 aromatic carbocycles. The first-order valence-electron chi connectivity index (χ1n) is 8.74. The predicted octanol–water partition coefficient (Wildman–Crippen LogP) is 3.87. The molecule has 28 heavy (non-hydrogen) atoms. The number of hydrogen-bond donors (Lipinski definition) is 1. The third-order valence-corrected chi connectivity index (χ3v) is 4.80. The van der Waals surface area contributed by atoms with Crippen molar-refractivity contribution in [1.29, 1.82) is 0 Å². The van der Waals surface area contributed by atoms with Gasteiger partial charge in [-0.2, -0.15) is 0 Å². The van der Waals surface area contributed by atoms with Gasteiger partial charge in [0.15, 0.2) is 6.61 Å². The normalized spacial score (nSPS) is 10.5. The molecule has 6 heteroatoms. The van der Waals surface area contributed by atoms with Crippen molar-refractivity contribution in [2.75, 3.05) is 12.9 Å². The van der Waals surface area contributed by atoms with Crippen LogP contribution in [0.15, 0.2) is 84.0 Å². The summed E-state index contributed by atoms with van der Waals surface area (Å²) >= 11 is 1.35. The van der Waals surface area contributed by atoms with Gasteiger partial charge in [-0.05, 0) is 29.5 Å². The van der Waals surface area contributed by atoms with E-state index >= 15 is 0 Å². The number of ether oxygens (including phenoxy) is 1. The number of nitrogens with one attached hydrogen (secondary N) is 1. The predicted molar refractivity (Wildman–Crippen MR) is 109 cm³/mol. The Hall–Kier alpha value is -3.12. The number of amides is 1. The van der Waals surface area contributed by atoms with Crippen molar-refractivity contribution in [3.8, 4) is 0 Å². The molecule has 0 radical (unpaired) electrons. The van der Waals surface area contributed by atoms with E-state index in [2.05, 4.69) is 10.3 Å². The van der Waals surface area contributed by atoms with Gasteiger partial charge in [-0.25, -0.2) is 9.78 Å². The van der Waals surface area contributed by atoms with Crippen molar-refractivity contribution in [3.63, 3.8) is 0 Å². The third kappa shape index (κ3) is 4.98. The molecule has 0 spiro atoms. The molecule has 1 N–H and O–H groups in total. The molecule has 0 saturated carbocycles. The summed E-state index contributed by atoms with van der Waals surface area (Å²) in [6.45, 7) is -0.363. The monoisotopic (exact) mass is 392 g/mol. The second kappa shape index (κ2) is 9.71. The summed E-state index contributed by atoms with van der Waals surface area (Å²) in [5.41, 5.74) is 2.25. The molecule has 1 heterocycles. The lowest BCUT2D eigenvalue weighted by atomic mass is 9.99. The van der Waals surface area contributed by atoms with E-state index in [1.807, 2.05) is 66.9 Å². The van der Waals surface area contributed by atoms with Crippen LogP contribution in [0.2, 0.25) is 0 Å². The van der Waals surface area contributed by atoms with Crippen LogP contribution in [-0.2, 0) is 9.53 Å². The summed E-state index contributed by atoms with van der Waals surface area (Å²) in [4.78, 5) is 28.9. The number of pyridine rings is 1. The zero-order valence-electron chi connectivity index (χ0n) is 15.4. The number of nitrogens with zero attached hydrogens (tertiary/aromatic N) is 1. The number of thioether (sulfide) groups is 1. The van der Waals surface area contributed by atoms with Crippen molar-refractivity contribution in [3.05, 3.63) is 95.7 Å². The van der Waals surface area contributed by atoms with Gasteiger partial charge in [-0.3, -0.25) is 4.79 Å². The SMILES string of the molecule is CSc1ncccc1C(=O)OCC(=O)NC(c1ccccc1)c1ccccc1. The molecule has 1 amide bonds. The zero-order valence-corrected chi connectivity index (χ0v) is 16.2. The Kier molecular flexibility index (Phi) is 6.81. The van der Waals surface area contributed by atoms with Gasteiger partial charge >= 0.3 is 5.97 Å². The number of rotatable bonds is 7. The van der Waals surface area contributed by atoms with E-state index in [0.717, 1.165) is 11.1 Å². The minimum Gasteiger partial charge on any atom is -0.452 e. The minimum absolute atomic E-state index is 0.325. The molecular formula is C22H20N2O3S. The quantitative estimate of drug-likeness (QED) is 0.488. The second-order valence-corrected chi connectivity index (χ2v) is 6.75. The van der Waals surface area contributed by atoms with Gasteiger partial charge in [-0.1, -0.05) is 60.7 Å². The van der Waals surface area contributed by atoms with Crippen LogP contribution >= 0.6 is 11.8 Å². The highest BCUT2D eigenvalue weighted by Crippen LogP contribution is 2.22. The van der Waals surface area contributed by atoms with E-state index in [0.29, 0.717) is 10.6 Å². The van der Waals surface area contributed by atoms with Crippen LogP contribution in [-0.4, -0.2) is 29.7 Å². The number of carbonyl (C=O) groups is 2. The first-order valence-corrected chi connectivity index (χ1v) is 9.97. The summed E-state index contributed by atoms with van der Waals surface area (Å²) in [5, 5.41) is 3.52. The third-order valence-electron chi connectivity index (χ3n) is 4.09. The molecule has 0 atom stereocenters. The lowest BCUT2D eigenvalue weighted by Crippen LogP contribution is -2.33. The highest BCUT2D eigenvalue weighted by Gasteiger charge is 2.19. The van der Waals surface area contributed by atoms with Crippen LogP contribution < -0.4 is 5.32 Å². The lowest BCUT2D eigenvalue weighted by Gasteiger charge is -2.20. The number of benzene rings is 2. The van der Waals surface area contributed by atoms with Crippen LogP contribution in [0.1, 0.15) is 27.5 Å². The summed E-state index contributed by atoms with van der Waals surface area (Å²) < 4.78 is 5.20. The van der Waals surface area contributed by atoms with Crippen molar-refractivity contribution < 1.29 is 14.3 Å². The molecule has 0 aliphatic heterocycles. The Labute approximate surface area is 168 Å². The van der Waals surface area contributed by atoms with Crippen molar-refractivity contribution in [1.82, 2.24) is 10.3 Å². The Morgan fingerprint density at radius 3 is 2.14 bits per heavy atom. The van der Waals surface area contributed by atoms with Crippen LogP contribution in [0, 0.1) is 0 Å². The van der Waals surface area contributed by atoms with E-state index < -0.39 is 5.97 Å². The fourth-order valence-corrected chi connectivity index (χ4v) is 3.31. The Bertz CT molecular complexity index is 893. The average Bonchev–Trinajstić information content (AvgIpc) is 2.77.